The van der Waals surface area contributed by atoms with Crippen LogP contribution in [0.2, 0.25) is 0 Å². The second-order valence-electron chi connectivity index (χ2n) is 5.52. The zero-order valence-corrected chi connectivity index (χ0v) is 16.3. The van der Waals surface area contributed by atoms with E-state index < -0.39 is 10.8 Å². The fourth-order valence-electron chi connectivity index (χ4n) is 2.43. The molecule has 0 spiro atoms. The molecule has 0 atom stereocenters. The molecule has 1 amide bonds. The number of carbonyl (C=O) groups is 1. The molecule has 0 unspecified atom stereocenters. The number of nitrogens with one attached hydrogen (secondary N) is 1. The van der Waals surface area contributed by atoms with Crippen LogP contribution in [0.1, 0.15) is 0 Å². The Morgan fingerprint density at radius 3 is 2.76 bits per heavy atom. The Kier molecular flexibility index (Phi) is 6.24. The Balaban J connectivity index is 1.73. The highest BCUT2D eigenvalue weighted by Gasteiger charge is 2.18. The topological polar surface area (TPSA) is 134 Å². The van der Waals surface area contributed by atoms with E-state index in [0.717, 1.165) is 11.8 Å². The van der Waals surface area contributed by atoms with Gasteiger partial charge in [-0.2, -0.15) is 4.68 Å². The molecule has 1 N–H and O–H groups in total. The van der Waals surface area contributed by atoms with Crippen LogP contribution < -0.4 is 14.8 Å². The largest absolute Gasteiger partial charge is 0.497 e. The monoisotopic (exact) mass is 416 g/mol. The van der Waals surface area contributed by atoms with E-state index in [4.69, 9.17) is 9.47 Å². The maximum absolute atomic E-state index is 12.3. The van der Waals surface area contributed by atoms with E-state index in [2.05, 4.69) is 20.8 Å². The van der Waals surface area contributed by atoms with E-state index in [1.165, 1.54) is 30.0 Å². The highest BCUT2D eigenvalue weighted by molar-refractivity contribution is 7.99. The lowest BCUT2D eigenvalue weighted by Gasteiger charge is -2.11. The summed E-state index contributed by atoms with van der Waals surface area (Å²) in [6.07, 6.45) is 0. The summed E-state index contributed by atoms with van der Waals surface area (Å²) in [5.74, 6) is 0.616. The second kappa shape index (κ2) is 9.01. The standard InChI is InChI=1S/C17H16N6O5S/c1-27-11-7-8-14(15(9-11)28-2)22-17(19-20-21-22)29-10-16(24)18-12-5-3-4-6-13(12)23(25)26/h3-9H,10H2,1-2H3,(H,18,24). The number of rotatable bonds is 8. The zero-order chi connectivity index (χ0) is 20.8. The predicted molar refractivity (Wildman–Crippen MR) is 105 cm³/mol. The van der Waals surface area contributed by atoms with Gasteiger partial charge in [0, 0.05) is 12.1 Å². The molecule has 0 aliphatic rings. The van der Waals surface area contributed by atoms with Crippen LogP contribution in [0.4, 0.5) is 11.4 Å². The highest BCUT2D eigenvalue weighted by Crippen LogP contribution is 2.30. The van der Waals surface area contributed by atoms with Crippen molar-refractivity contribution in [3.05, 3.63) is 52.6 Å². The number of nitrogens with zero attached hydrogens (tertiary/aromatic N) is 5. The molecule has 0 bridgehead atoms. The lowest BCUT2D eigenvalue weighted by atomic mass is 10.2. The van der Waals surface area contributed by atoms with Gasteiger partial charge in [0.15, 0.2) is 0 Å². The molecule has 0 aliphatic heterocycles. The molecule has 29 heavy (non-hydrogen) atoms. The van der Waals surface area contributed by atoms with Crippen LogP contribution in [0.25, 0.3) is 5.69 Å². The van der Waals surface area contributed by atoms with Gasteiger partial charge in [-0.15, -0.1) is 5.10 Å². The molecule has 0 saturated carbocycles. The number of thioether (sulfide) groups is 1. The molecule has 2 aromatic carbocycles. The number of benzene rings is 2. The molecule has 0 radical (unpaired) electrons. The minimum absolute atomic E-state index is 0.0507. The van der Waals surface area contributed by atoms with Crippen LogP contribution in [-0.2, 0) is 4.79 Å². The van der Waals surface area contributed by atoms with Crippen molar-refractivity contribution < 1.29 is 19.2 Å². The fourth-order valence-corrected chi connectivity index (χ4v) is 3.12. The summed E-state index contributed by atoms with van der Waals surface area (Å²) < 4.78 is 12.0. The number of aromatic nitrogens is 4. The Bertz CT molecular complexity index is 1040. The summed E-state index contributed by atoms with van der Waals surface area (Å²) in [7, 11) is 3.05. The number of hydrogen-bond donors (Lipinski definition) is 1. The molecule has 0 fully saturated rings. The summed E-state index contributed by atoms with van der Waals surface area (Å²) in [6.45, 7) is 0. The van der Waals surface area contributed by atoms with Crippen LogP contribution in [0.3, 0.4) is 0 Å². The van der Waals surface area contributed by atoms with E-state index >= 15 is 0 Å². The van der Waals surface area contributed by atoms with Gasteiger partial charge in [0.25, 0.3) is 5.69 Å². The first kappa shape index (κ1) is 20.1. The summed E-state index contributed by atoms with van der Waals surface area (Å²) in [6, 6.07) is 11.1. The molecular weight excluding hydrogens is 400 g/mol. The maximum atomic E-state index is 12.3. The summed E-state index contributed by atoms with van der Waals surface area (Å²) in [4.78, 5) is 22.8. The third-order valence-electron chi connectivity index (χ3n) is 3.76. The molecule has 0 aliphatic carbocycles. The molecule has 1 heterocycles. The van der Waals surface area contributed by atoms with Crippen LogP contribution in [0.15, 0.2) is 47.6 Å². The van der Waals surface area contributed by atoms with E-state index in [0.29, 0.717) is 22.3 Å². The number of carbonyl (C=O) groups excluding carboxylic acids is 1. The lowest BCUT2D eigenvalue weighted by molar-refractivity contribution is -0.383. The van der Waals surface area contributed by atoms with Gasteiger partial charge in [-0.05, 0) is 28.6 Å². The molecule has 0 saturated heterocycles. The van der Waals surface area contributed by atoms with Gasteiger partial charge in [0.05, 0.1) is 24.9 Å². The average Bonchev–Trinajstić information content (AvgIpc) is 3.20. The second-order valence-corrected chi connectivity index (χ2v) is 6.46. The Hall–Kier alpha value is -3.67. The van der Waals surface area contributed by atoms with Crippen molar-refractivity contribution in [2.75, 3.05) is 25.3 Å². The first-order valence-corrected chi connectivity index (χ1v) is 9.19. The van der Waals surface area contributed by atoms with Gasteiger partial charge >= 0.3 is 0 Å². The maximum Gasteiger partial charge on any atom is 0.292 e. The fraction of sp³-hybridized carbons (Fsp3) is 0.176. The first-order chi connectivity index (χ1) is 14.0. The quantitative estimate of drug-likeness (QED) is 0.333. The number of para-hydroxylation sites is 2. The molecule has 12 heteroatoms. The summed E-state index contributed by atoms with van der Waals surface area (Å²) in [5.41, 5.74) is 0.512. The molecule has 1 aromatic heterocycles. The Morgan fingerprint density at radius 1 is 1.24 bits per heavy atom. The Labute approximate surface area is 169 Å². The Morgan fingerprint density at radius 2 is 2.03 bits per heavy atom. The van der Waals surface area contributed by atoms with E-state index in [1.807, 2.05) is 0 Å². The normalized spacial score (nSPS) is 10.4. The van der Waals surface area contributed by atoms with Gasteiger partial charge in [0.2, 0.25) is 11.1 Å². The van der Waals surface area contributed by atoms with Crippen molar-refractivity contribution in [1.82, 2.24) is 20.2 Å². The molecule has 150 valence electrons. The van der Waals surface area contributed by atoms with Gasteiger partial charge in [-0.1, -0.05) is 23.9 Å². The van der Waals surface area contributed by atoms with E-state index in [1.54, 1.807) is 31.4 Å². The summed E-state index contributed by atoms with van der Waals surface area (Å²) in [5, 5.41) is 25.5. The van der Waals surface area contributed by atoms with Crippen molar-refractivity contribution in [2.45, 2.75) is 5.16 Å². The number of hydrogen-bond acceptors (Lipinski definition) is 9. The number of nitro groups is 1. The molecule has 3 aromatic rings. The van der Waals surface area contributed by atoms with Crippen molar-refractivity contribution in [2.24, 2.45) is 0 Å². The van der Waals surface area contributed by atoms with Gasteiger partial charge < -0.3 is 14.8 Å². The number of anilines is 1. The first-order valence-electron chi connectivity index (χ1n) is 8.20. The minimum atomic E-state index is -0.556. The highest BCUT2D eigenvalue weighted by atomic mass is 32.2. The molecule has 11 nitrogen and oxygen atoms in total. The van der Waals surface area contributed by atoms with Gasteiger partial charge in [-0.25, -0.2) is 0 Å². The zero-order valence-electron chi connectivity index (χ0n) is 15.4. The van der Waals surface area contributed by atoms with E-state index in [9.17, 15) is 14.9 Å². The predicted octanol–water partition coefficient (Wildman–Crippen LogP) is 2.32. The van der Waals surface area contributed by atoms with Crippen LogP contribution in [0.5, 0.6) is 11.5 Å². The summed E-state index contributed by atoms with van der Waals surface area (Å²) >= 11 is 1.08. The molecular formula is C17H16N6O5S. The van der Waals surface area contributed by atoms with Crippen molar-refractivity contribution in [3.8, 4) is 17.2 Å². The SMILES string of the molecule is COc1ccc(-n2nnnc2SCC(=O)Nc2ccccc2[N+](=O)[O-])c(OC)c1. The third-order valence-corrected chi connectivity index (χ3v) is 4.68. The number of nitro benzene ring substituents is 1. The number of ether oxygens (including phenoxy) is 2. The minimum Gasteiger partial charge on any atom is -0.497 e. The van der Waals surface area contributed by atoms with Gasteiger partial charge in [-0.3, -0.25) is 14.9 Å². The average molecular weight is 416 g/mol. The smallest absolute Gasteiger partial charge is 0.292 e. The third kappa shape index (κ3) is 4.60. The number of tetrazole rings is 1. The van der Waals surface area contributed by atoms with Crippen LogP contribution in [0, 0.1) is 10.1 Å². The lowest BCUT2D eigenvalue weighted by Crippen LogP contribution is -2.15. The molecule has 3 rings (SSSR count). The van der Waals surface area contributed by atoms with Gasteiger partial charge in [0.1, 0.15) is 22.9 Å². The van der Waals surface area contributed by atoms with Crippen molar-refractivity contribution in [3.63, 3.8) is 0 Å². The number of amides is 1. The number of methoxy groups -OCH3 is 2. The van der Waals surface area contributed by atoms with Crippen molar-refractivity contribution in [1.29, 1.82) is 0 Å². The van der Waals surface area contributed by atoms with Crippen LogP contribution in [-0.4, -0.2) is 51.0 Å². The van der Waals surface area contributed by atoms with Crippen LogP contribution >= 0.6 is 11.8 Å². The van der Waals surface area contributed by atoms with Crippen molar-refractivity contribution >= 4 is 29.0 Å². The van der Waals surface area contributed by atoms with E-state index in [-0.39, 0.29) is 17.1 Å².